The van der Waals surface area contributed by atoms with Crippen molar-refractivity contribution < 1.29 is 44.0 Å². The van der Waals surface area contributed by atoms with E-state index in [0.29, 0.717) is 12.4 Å². The van der Waals surface area contributed by atoms with Crippen LogP contribution in [0, 0.1) is 0 Å². The van der Waals surface area contributed by atoms with Gasteiger partial charge in [-0.15, -0.1) is 10.2 Å². The van der Waals surface area contributed by atoms with Crippen LogP contribution in [0.15, 0.2) is 57.9 Å². The molecule has 0 saturated carbocycles. The molecule has 1 heterocycles. The molecule has 0 amide bonds. The maximum Gasteiger partial charge on any atom is 1.00 e. The fourth-order valence-corrected chi connectivity index (χ4v) is 2.86. The first-order valence-corrected chi connectivity index (χ1v) is 8.75. The van der Waals surface area contributed by atoms with Crippen LogP contribution in [0.3, 0.4) is 0 Å². The molecule has 1 N–H and O–H groups in total. The van der Waals surface area contributed by atoms with E-state index in [2.05, 4.69) is 31.3 Å². The predicted octanol–water partition coefficient (Wildman–Crippen LogP) is -0.486. The van der Waals surface area contributed by atoms with E-state index in [9.17, 15) is 8.42 Å². The topological polar surface area (TPSA) is 98.0 Å². The fraction of sp³-hybridized carbons (Fsp3) is 0.0714. The quantitative estimate of drug-likeness (QED) is 0.453. The zero-order chi connectivity index (χ0) is 16.4. The van der Waals surface area contributed by atoms with Gasteiger partial charge in [-0.3, -0.25) is 4.55 Å². The Balaban J connectivity index is 0.00000156. The van der Waals surface area contributed by atoms with E-state index in [4.69, 9.17) is 4.55 Å². The summed E-state index contributed by atoms with van der Waals surface area (Å²) in [6, 6.07) is 13.4. The molecule has 120 valence electrons. The summed E-state index contributed by atoms with van der Waals surface area (Å²) >= 11 is 3.39. The molecule has 0 unspecified atom stereocenters. The number of nitrogens with zero attached hydrogens (tertiary/aromatic N) is 4. The molecule has 7 nitrogen and oxygen atoms in total. The van der Waals surface area contributed by atoms with Crippen molar-refractivity contribution in [2.45, 2.75) is 11.4 Å². The Hall–Kier alpha value is -1.10. The molecule has 3 aromatic rings. The Kier molecular flexibility index (Phi) is 6.29. The summed E-state index contributed by atoms with van der Waals surface area (Å²) < 4.78 is 31.9. The first-order valence-electron chi connectivity index (χ1n) is 6.52. The van der Waals surface area contributed by atoms with Gasteiger partial charge in [0, 0.05) is 10.0 Å². The summed E-state index contributed by atoms with van der Waals surface area (Å²) in [6.45, 7) is 0.340. The van der Waals surface area contributed by atoms with Crippen molar-refractivity contribution >= 4 is 26.0 Å². The molecule has 0 fully saturated rings. The second-order valence-corrected chi connectivity index (χ2v) is 7.11. The fourth-order valence-electron chi connectivity index (χ4n) is 1.98. The van der Waals surface area contributed by atoms with E-state index in [-0.39, 0.29) is 35.9 Å². The van der Waals surface area contributed by atoms with Crippen LogP contribution >= 0.6 is 15.9 Å². The molecule has 0 aliphatic heterocycles. The second-order valence-electron chi connectivity index (χ2n) is 4.77. The van der Waals surface area contributed by atoms with Crippen molar-refractivity contribution in [3.05, 3.63) is 58.6 Å². The molecule has 0 spiro atoms. The molecule has 1 aromatic heterocycles. The van der Waals surface area contributed by atoms with E-state index in [1.54, 1.807) is 12.1 Å². The summed E-state index contributed by atoms with van der Waals surface area (Å²) in [5, 5.41) is 12.3. The van der Waals surface area contributed by atoms with Crippen molar-refractivity contribution in [2.75, 3.05) is 0 Å². The van der Waals surface area contributed by atoms with Crippen LogP contribution in [-0.4, -0.2) is 33.2 Å². The zero-order valence-corrected chi connectivity index (χ0v) is 17.1. The van der Waals surface area contributed by atoms with E-state index in [1.165, 1.54) is 16.9 Å². The largest absolute Gasteiger partial charge is 1.00 e. The molecule has 0 bridgehead atoms. The molecule has 10 heteroatoms. The van der Waals surface area contributed by atoms with Gasteiger partial charge in [0.15, 0.2) is 0 Å². The summed E-state index contributed by atoms with van der Waals surface area (Å²) in [6.07, 6.45) is 0. The van der Waals surface area contributed by atoms with Crippen molar-refractivity contribution in [1.82, 2.24) is 20.2 Å². The minimum Gasteiger partial charge on any atom is -1.00 e. The molecule has 0 radical (unpaired) electrons. The second kappa shape index (κ2) is 7.85. The van der Waals surface area contributed by atoms with Crippen LogP contribution in [-0.2, 0) is 16.7 Å². The van der Waals surface area contributed by atoms with E-state index in [1.807, 2.05) is 24.3 Å². The Morgan fingerprint density at radius 2 is 1.88 bits per heavy atom. The molecule has 2 aromatic carbocycles. The van der Waals surface area contributed by atoms with E-state index >= 15 is 0 Å². The van der Waals surface area contributed by atoms with Gasteiger partial charge in [0.2, 0.25) is 5.82 Å². The van der Waals surface area contributed by atoms with Crippen molar-refractivity contribution in [1.29, 1.82) is 0 Å². The average Bonchev–Trinajstić information content (AvgIpc) is 2.95. The molecular formula is C14H12BrN4NaO3S. The summed E-state index contributed by atoms with van der Waals surface area (Å²) in [5.74, 6) is 0.501. The third-order valence-electron chi connectivity index (χ3n) is 3.08. The molecule has 0 atom stereocenters. The SMILES string of the molecule is O=S(=O)(O)c1ccc(Cn2nnc(-c3cccc(Br)c3)n2)cc1.[H-].[Na+]. The first-order chi connectivity index (χ1) is 10.9. The number of hydrogen-bond donors (Lipinski definition) is 1. The van der Waals surface area contributed by atoms with Crippen LogP contribution in [0.5, 0.6) is 0 Å². The molecule has 0 aliphatic rings. The van der Waals surface area contributed by atoms with Crippen molar-refractivity contribution in [3.8, 4) is 11.4 Å². The van der Waals surface area contributed by atoms with Gasteiger partial charge in [0.05, 0.1) is 11.4 Å². The molecule has 0 aliphatic carbocycles. The van der Waals surface area contributed by atoms with Gasteiger partial charge in [-0.1, -0.05) is 40.2 Å². The average molecular weight is 419 g/mol. The minimum atomic E-state index is -4.18. The maximum absolute atomic E-state index is 11.0. The van der Waals surface area contributed by atoms with Gasteiger partial charge >= 0.3 is 29.6 Å². The first kappa shape index (κ1) is 19.2. The Bertz CT molecular complexity index is 951. The van der Waals surface area contributed by atoms with Crippen molar-refractivity contribution in [2.24, 2.45) is 0 Å². The van der Waals surface area contributed by atoms with Gasteiger partial charge in [-0.2, -0.15) is 13.2 Å². The van der Waals surface area contributed by atoms with Crippen LogP contribution in [0.2, 0.25) is 0 Å². The van der Waals surface area contributed by atoms with Crippen LogP contribution in [0.25, 0.3) is 11.4 Å². The Morgan fingerprint density at radius 3 is 2.50 bits per heavy atom. The van der Waals surface area contributed by atoms with Gasteiger partial charge < -0.3 is 1.43 Å². The van der Waals surface area contributed by atoms with Crippen molar-refractivity contribution in [3.63, 3.8) is 0 Å². The van der Waals surface area contributed by atoms with E-state index in [0.717, 1.165) is 15.6 Å². The Morgan fingerprint density at radius 1 is 1.17 bits per heavy atom. The number of rotatable bonds is 4. The summed E-state index contributed by atoms with van der Waals surface area (Å²) in [4.78, 5) is 1.27. The monoisotopic (exact) mass is 418 g/mol. The zero-order valence-electron chi connectivity index (χ0n) is 13.7. The normalized spacial score (nSPS) is 11.1. The van der Waals surface area contributed by atoms with Gasteiger partial charge in [-0.05, 0) is 35.0 Å². The molecule has 3 rings (SSSR count). The van der Waals surface area contributed by atoms with Crippen LogP contribution in [0.1, 0.15) is 6.99 Å². The predicted molar refractivity (Wildman–Crippen MR) is 87.4 cm³/mol. The number of aromatic nitrogens is 4. The number of hydrogen-bond acceptors (Lipinski definition) is 5. The molecule has 0 saturated heterocycles. The number of benzene rings is 2. The number of tetrazole rings is 1. The van der Waals surface area contributed by atoms with Gasteiger partial charge in [0.1, 0.15) is 0 Å². The summed E-state index contributed by atoms with van der Waals surface area (Å²) in [7, 11) is -4.18. The third kappa shape index (κ3) is 4.71. The van der Waals surface area contributed by atoms with Crippen LogP contribution in [0.4, 0.5) is 0 Å². The van der Waals surface area contributed by atoms with Gasteiger partial charge in [-0.25, -0.2) is 0 Å². The Labute approximate surface area is 170 Å². The molecule has 24 heavy (non-hydrogen) atoms. The molecular weight excluding hydrogens is 407 g/mol. The third-order valence-corrected chi connectivity index (χ3v) is 4.44. The van der Waals surface area contributed by atoms with E-state index < -0.39 is 10.1 Å². The summed E-state index contributed by atoms with van der Waals surface area (Å²) in [5.41, 5.74) is 1.63. The standard InChI is InChI=1S/C14H11BrN4O3S.Na.H/c15-12-3-1-2-11(8-12)14-16-18-19(17-14)9-10-4-6-13(7-5-10)23(20,21)22;;/h1-8H,9H2,(H,20,21,22);;/q;+1;-1. The minimum absolute atomic E-state index is 0. The smallest absolute Gasteiger partial charge is 1.00 e. The van der Waals surface area contributed by atoms with Gasteiger partial charge in [0.25, 0.3) is 10.1 Å². The number of halogens is 1. The van der Waals surface area contributed by atoms with Crippen LogP contribution < -0.4 is 29.6 Å². The maximum atomic E-state index is 11.0.